The molecule has 0 radical (unpaired) electrons. The highest BCUT2D eigenvalue weighted by molar-refractivity contribution is 7.89. The Morgan fingerprint density at radius 2 is 1.66 bits per heavy atom. The minimum Gasteiger partial charge on any atom is -0.452 e. The number of rotatable bonds is 6. The molecule has 0 saturated carbocycles. The average molecular weight is 412 g/mol. The van der Waals surface area contributed by atoms with E-state index < -0.39 is 28.5 Å². The topological polar surface area (TPSA) is 92.8 Å². The van der Waals surface area contributed by atoms with Crippen LogP contribution in [0.5, 0.6) is 0 Å². The van der Waals surface area contributed by atoms with Crippen molar-refractivity contribution < 1.29 is 22.7 Å². The fourth-order valence-corrected chi connectivity index (χ4v) is 3.62. The summed E-state index contributed by atoms with van der Waals surface area (Å²) < 4.78 is 30.5. The molecule has 3 aromatic rings. The van der Waals surface area contributed by atoms with Crippen LogP contribution in [0.3, 0.4) is 0 Å². The van der Waals surface area contributed by atoms with Crippen LogP contribution < -0.4 is 5.32 Å². The van der Waals surface area contributed by atoms with Crippen molar-refractivity contribution >= 4 is 38.4 Å². The molecule has 150 valence electrons. The minimum atomic E-state index is -3.62. The molecule has 0 bridgehead atoms. The Labute approximate surface area is 169 Å². The van der Waals surface area contributed by atoms with Crippen LogP contribution in [-0.2, 0) is 19.6 Å². The summed E-state index contributed by atoms with van der Waals surface area (Å²) in [7, 11) is -0.771. The number of nitrogens with one attached hydrogen (secondary N) is 1. The summed E-state index contributed by atoms with van der Waals surface area (Å²) in [6.07, 6.45) is 0. The number of hydrogen-bond donors (Lipinski definition) is 1. The van der Waals surface area contributed by atoms with E-state index in [0.29, 0.717) is 11.3 Å². The van der Waals surface area contributed by atoms with Crippen LogP contribution in [0.1, 0.15) is 10.4 Å². The fraction of sp³-hybridized carbons (Fsp3) is 0.143. The number of fused-ring (bicyclic) bond motifs is 1. The van der Waals surface area contributed by atoms with Crippen molar-refractivity contribution in [1.82, 2.24) is 4.31 Å². The third kappa shape index (κ3) is 4.79. The van der Waals surface area contributed by atoms with Gasteiger partial charge in [0.15, 0.2) is 6.61 Å². The number of hydrogen-bond acceptors (Lipinski definition) is 5. The number of anilines is 1. The van der Waals surface area contributed by atoms with Gasteiger partial charge in [0.2, 0.25) is 10.0 Å². The molecule has 0 atom stereocenters. The van der Waals surface area contributed by atoms with Crippen molar-refractivity contribution in [2.24, 2.45) is 0 Å². The molecule has 1 amide bonds. The summed E-state index contributed by atoms with van der Waals surface area (Å²) >= 11 is 0. The van der Waals surface area contributed by atoms with Crippen LogP contribution in [-0.4, -0.2) is 45.3 Å². The number of benzene rings is 3. The van der Waals surface area contributed by atoms with E-state index >= 15 is 0 Å². The van der Waals surface area contributed by atoms with Gasteiger partial charge < -0.3 is 10.1 Å². The SMILES string of the molecule is CN(C)S(=O)(=O)c1cccc(NC(=O)COC(=O)c2ccc3ccccc3c2)c1. The van der Waals surface area contributed by atoms with Gasteiger partial charge in [0, 0.05) is 19.8 Å². The molecule has 0 heterocycles. The van der Waals surface area contributed by atoms with Crippen LogP contribution in [0, 0.1) is 0 Å². The molecule has 1 N–H and O–H groups in total. The summed E-state index contributed by atoms with van der Waals surface area (Å²) in [6.45, 7) is -0.490. The van der Waals surface area contributed by atoms with E-state index in [0.717, 1.165) is 15.1 Å². The smallest absolute Gasteiger partial charge is 0.338 e. The highest BCUT2D eigenvalue weighted by atomic mass is 32.2. The van der Waals surface area contributed by atoms with Crippen molar-refractivity contribution in [2.45, 2.75) is 4.90 Å². The maximum atomic E-state index is 12.2. The van der Waals surface area contributed by atoms with Crippen LogP contribution in [0.4, 0.5) is 5.69 Å². The van der Waals surface area contributed by atoms with Gasteiger partial charge in [0.05, 0.1) is 10.5 Å². The molecule has 29 heavy (non-hydrogen) atoms. The molecule has 0 fully saturated rings. The van der Waals surface area contributed by atoms with E-state index in [-0.39, 0.29) is 4.90 Å². The third-order valence-electron chi connectivity index (χ3n) is 4.22. The molecule has 0 aromatic heterocycles. The lowest BCUT2D eigenvalue weighted by Gasteiger charge is -2.12. The Morgan fingerprint density at radius 1 is 0.931 bits per heavy atom. The number of sulfonamides is 1. The highest BCUT2D eigenvalue weighted by Gasteiger charge is 2.18. The van der Waals surface area contributed by atoms with Crippen molar-refractivity contribution in [3.8, 4) is 0 Å². The number of carbonyl (C=O) groups excluding carboxylic acids is 2. The van der Waals surface area contributed by atoms with Gasteiger partial charge in [-0.25, -0.2) is 17.5 Å². The second kappa shape index (κ2) is 8.42. The van der Waals surface area contributed by atoms with E-state index in [4.69, 9.17) is 4.74 Å². The zero-order chi connectivity index (χ0) is 21.0. The Hall–Kier alpha value is -3.23. The maximum Gasteiger partial charge on any atom is 0.338 e. The summed E-state index contributed by atoms with van der Waals surface area (Å²) in [4.78, 5) is 24.4. The molecule has 0 unspecified atom stereocenters. The van der Waals surface area contributed by atoms with E-state index in [1.54, 1.807) is 18.2 Å². The number of ether oxygens (including phenoxy) is 1. The van der Waals surface area contributed by atoms with Gasteiger partial charge in [-0.1, -0.05) is 36.4 Å². The molecule has 0 saturated heterocycles. The van der Waals surface area contributed by atoms with Gasteiger partial charge >= 0.3 is 5.97 Å². The maximum absolute atomic E-state index is 12.2. The average Bonchev–Trinajstić information content (AvgIpc) is 2.71. The lowest BCUT2D eigenvalue weighted by atomic mass is 10.1. The predicted octanol–water partition coefficient (Wildman–Crippen LogP) is 2.89. The second-order valence-electron chi connectivity index (χ2n) is 6.50. The van der Waals surface area contributed by atoms with Crippen LogP contribution in [0.15, 0.2) is 71.6 Å². The van der Waals surface area contributed by atoms with Crippen LogP contribution >= 0.6 is 0 Å². The van der Waals surface area contributed by atoms with Crippen molar-refractivity contribution in [3.05, 3.63) is 72.3 Å². The van der Waals surface area contributed by atoms with Crippen LogP contribution in [0.2, 0.25) is 0 Å². The monoisotopic (exact) mass is 412 g/mol. The number of nitrogens with zero attached hydrogens (tertiary/aromatic N) is 1. The number of amides is 1. The Morgan fingerprint density at radius 3 is 2.38 bits per heavy atom. The molecular weight excluding hydrogens is 392 g/mol. The van der Waals surface area contributed by atoms with E-state index in [2.05, 4.69) is 5.32 Å². The zero-order valence-corrected chi connectivity index (χ0v) is 16.8. The quantitative estimate of drug-likeness (QED) is 0.629. The van der Waals surface area contributed by atoms with Gasteiger partial charge in [0.1, 0.15) is 0 Å². The first kappa shape index (κ1) is 20.5. The number of esters is 1. The molecule has 0 spiro atoms. The second-order valence-corrected chi connectivity index (χ2v) is 8.65. The van der Waals surface area contributed by atoms with Gasteiger partial charge in [-0.05, 0) is 41.1 Å². The first-order valence-corrected chi connectivity index (χ1v) is 10.2. The normalized spacial score (nSPS) is 11.4. The lowest BCUT2D eigenvalue weighted by molar-refractivity contribution is -0.119. The predicted molar refractivity (Wildman–Crippen MR) is 110 cm³/mol. The van der Waals surface area contributed by atoms with E-state index in [1.165, 1.54) is 32.3 Å². The van der Waals surface area contributed by atoms with Gasteiger partial charge in [-0.3, -0.25) is 4.79 Å². The fourth-order valence-electron chi connectivity index (χ4n) is 2.67. The minimum absolute atomic E-state index is 0.0495. The van der Waals surface area contributed by atoms with Crippen molar-refractivity contribution in [2.75, 3.05) is 26.0 Å². The summed E-state index contributed by atoms with van der Waals surface area (Å²) in [6, 6.07) is 18.6. The summed E-state index contributed by atoms with van der Waals surface area (Å²) in [5.41, 5.74) is 0.634. The molecule has 7 nitrogen and oxygen atoms in total. The highest BCUT2D eigenvalue weighted by Crippen LogP contribution is 2.18. The molecule has 0 aliphatic heterocycles. The molecule has 3 rings (SSSR count). The van der Waals surface area contributed by atoms with E-state index in [1.807, 2.05) is 30.3 Å². The van der Waals surface area contributed by atoms with Crippen molar-refractivity contribution in [3.63, 3.8) is 0 Å². The molecular formula is C21H20N2O5S. The Kier molecular flexibility index (Phi) is 5.95. The summed E-state index contributed by atoms with van der Waals surface area (Å²) in [5, 5.41) is 4.42. The summed E-state index contributed by atoms with van der Waals surface area (Å²) in [5.74, 6) is -1.19. The standard InChI is InChI=1S/C21H20N2O5S/c1-23(2)29(26,27)19-9-5-8-18(13-19)22-20(24)14-28-21(25)17-11-10-15-6-3-4-7-16(15)12-17/h3-13H,14H2,1-2H3,(H,22,24). The largest absolute Gasteiger partial charge is 0.452 e. The van der Waals surface area contributed by atoms with Gasteiger partial charge in [0.25, 0.3) is 5.91 Å². The molecule has 0 aliphatic carbocycles. The van der Waals surface area contributed by atoms with Gasteiger partial charge in [-0.2, -0.15) is 0 Å². The van der Waals surface area contributed by atoms with Crippen LogP contribution in [0.25, 0.3) is 10.8 Å². The van der Waals surface area contributed by atoms with E-state index in [9.17, 15) is 18.0 Å². The van der Waals surface area contributed by atoms with Crippen molar-refractivity contribution in [1.29, 1.82) is 0 Å². The third-order valence-corrected chi connectivity index (χ3v) is 6.03. The first-order valence-electron chi connectivity index (χ1n) is 8.76. The zero-order valence-electron chi connectivity index (χ0n) is 16.0. The lowest BCUT2D eigenvalue weighted by Crippen LogP contribution is -2.23. The van der Waals surface area contributed by atoms with Gasteiger partial charge in [-0.15, -0.1) is 0 Å². The number of carbonyl (C=O) groups is 2. The molecule has 8 heteroatoms. The first-order chi connectivity index (χ1) is 13.8. The Balaban J connectivity index is 1.63. The Bertz CT molecular complexity index is 1170. The molecule has 0 aliphatic rings. The molecule has 3 aromatic carbocycles.